The number of carbonyl (C=O) groups is 1. The van der Waals surface area contributed by atoms with Crippen LogP contribution in [0.1, 0.15) is 26.3 Å². The maximum absolute atomic E-state index is 10.7. The van der Waals surface area contributed by atoms with Gasteiger partial charge in [-0.05, 0) is 20.3 Å². The first-order valence-corrected chi connectivity index (χ1v) is 7.59. The molecular weight excluding hydrogens is 280 g/mol. The summed E-state index contributed by atoms with van der Waals surface area (Å²) in [5, 5.41) is 17.8. The summed E-state index contributed by atoms with van der Waals surface area (Å²) >= 11 is 1.20. The lowest BCUT2D eigenvalue weighted by Crippen LogP contribution is -2.34. The first-order chi connectivity index (χ1) is 9.50. The highest BCUT2D eigenvalue weighted by molar-refractivity contribution is 7.99. The molecule has 1 atom stereocenters. The van der Waals surface area contributed by atoms with E-state index < -0.39 is 5.97 Å². The molecule has 112 valence electrons. The normalized spacial score (nSPS) is 18.7. The molecule has 1 aromatic rings. The molecule has 0 amide bonds. The van der Waals surface area contributed by atoms with Crippen molar-refractivity contribution >= 4 is 23.7 Å². The predicted molar refractivity (Wildman–Crippen MR) is 76.4 cm³/mol. The van der Waals surface area contributed by atoms with Gasteiger partial charge < -0.3 is 14.7 Å². The van der Waals surface area contributed by atoms with Crippen LogP contribution < -0.4 is 4.90 Å². The summed E-state index contributed by atoms with van der Waals surface area (Å²) in [6.07, 6.45) is 0.971. The summed E-state index contributed by atoms with van der Waals surface area (Å²) in [5.41, 5.74) is 0. The lowest BCUT2D eigenvalue weighted by atomic mass is 10.2. The van der Waals surface area contributed by atoms with E-state index in [2.05, 4.69) is 15.1 Å². The van der Waals surface area contributed by atoms with Crippen molar-refractivity contribution in [2.45, 2.75) is 37.5 Å². The van der Waals surface area contributed by atoms with E-state index in [4.69, 9.17) is 9.84 Å². The van der Waals surface area contributed by atoms with Crippen LogP contribution in [0.5, 0.6) is 0 Å². The van der Waals surface area contributed by atoms with Gasteiger partial charge in [-0.1, -0.05) is 11.8 Å². The maximum atomic E-state index is 10.7. The largest absolute Gasteiger partial charge is 0.481 e. The lowest BCUT2D eigenvalue weighted by Gasteiger charge is -2.26. The second-order valence-corrected chi connectivity index (χ2v) is 6.00. The van der Waals surface area contributed by atoms with Crippen molar-refractivity contribution in [2.24, 2.45) is 0 Å². The Kier molecular flexibility index (Phi) is 4.87. The van der Waals surface area contributed by atoms with Crippen LogP contribution in [0.2, 0.25) is 0 Å². The fourth-order valence-corrected chi connectivity index (χ4v) is 2.96. The number of hydrogen-bond donors (Lipinski definition) is 1. The highest BCUT2D eigenvalue weighted by atomic mass is 32.2. The lowest BCUT2D eigenvalue weighted by molar-refractivity contribution is -0.133. The van der Waals surface area contributed by atoms with Crippen LogP contribution in [0.3, 0.4) is 0 Å². The Labute approximate surface area is 122 Å². The van der Waals surface area contributed by atoms with Gasteiger partial charge in [0.25, 0.3) is 0 Å². The van der Waals surface area contributed by atoms with Gasteiger partial charge in [0.15, 0.2) is 5.16 Å². The Balaban J connectivity index is 2.21. The standard InChI is InChI=1S/C12H20N4O3S/c1-8(2)16-11(15(3)9-4-5-19-6-9)13-14-12(16)20-7-10(17)18/h8-9H,4-7H2,1-3H3,(H,17,18). The van der Waals surface area contributed by atoms with Crippen LogP contribution in [0.4, 0.5) is 5.95 Å². The van der Waals surface area contributed by atoms with Crippen molar-refractivity contribution in [3.63, 3.8) is 0 Å². The molecule has 8 heteroatoms. The van der Waals surface area contributed by atoms with Crippen molar-refractivity contribution in [1.29, 1.82) is 0 Å². The zero-order valence-electron chi connectivity index (χ0n) is 11.9. The van der Waals surface area contributed by atoms with Crippen LogP contribution >= 0.6 is 11.8 Å². The number of carboxylic acids is 1. The average molecular weight is 300 g/mol. The van der Waals surface area contributed by atoms with E-state index in [9.17, 15) is 4.79 Å². The Hall–Kier alpha value is -1.28. The molecule has 1 aliphatic heterocycles. The van der Waals surface area contributed by atoms with Crippen molar-refractivity contribution in [3.8, 4) is 0 Å². The van der Waals surface area contributed by atoms with E-state index in [0.717, 1.165) is 19.0 Å². The smallest absolute Gasteiger partial charge is 0.313 e. The molecular formula is C12H20N4O3S. The molecule has 0 aliphatic carbocycles. The second-order valence-electron chi connectivity index (χ2n) is 5.06. The Bertz CT molecular complexity index is 471. The zero-order chi connectivity index (χ0) is 14.7. The second kappa shape index (κ2) is 6.45. The number of anilines is 1. The molecule has 0 saturated carbocycles. The van der Waals surface area contributed by atoms with E-state index >= 15 is 0 Å². The number of likely N-dealkylation sites (N-methyl/N-ethyl adjacent to an activating group) is 1. The number of nitrogens with zero attached hydrogens (tertiary/aromatic N) is 4. The fraction of sp³-hybridized carbons (Fsp3) is 0.750. The van der Waals surface area contributed by atoms with E-state index in [1.165, 1.54) is 11.8 Å². The number of rotatable bonds is 6. The number of thioether (sulfide) groups is 1. The van der Waals surface area contributed by atoms with Gasteiger partial charge in [0, 0.05) is 19.7 Å². The molecule has 0 aromatic carbocycles. The molecule has 1 aromatic heterocycles. The molecule has 1 unspecified atom stereocenters. The molecule has 2 heterocycles. The first-order valence-electron chi connectivity index (χ1n) is 6.60. The van der Waals surface area contributed by atoms with Crippen molar-refractivity contribution in [3.05, 3.63) is 0 Å². The third-order valence-corrected chi connectivity index (χ3v) is 4.18. The fourth-order valence-electron chi connectivity index (χ4n) is 2.18. The molecule has 1 aliphatic rings. The quantitative estimate of drug-likeness (QED) is 0.792. The number of carboxylic acid groups (broad SMARTS) is 1. The van der Waals surface area contributed by atoms with Crippen LogP contribution in [0, 0.1) is 0 Å². The molecule has 1 fully saturated rings. The van der Waals surface area contributed by atoms with Gasteiger partial charge in [-0.2, -0.15) is 0 Å². The van der Waals surface area contributed by atoms with Crippen LogP contribution in [-0.2, 0) is 9.53 Å². The van der Waals surface area contributed by atoms with Crippen molar-refractivity contribution < 1.29 is 14.6 Å². The van der Waals surface area contributed by atoms with Crippen LogP contribution in [-0.4, -0.2) is 57.9 Å². The van der Waals surface area contributed by atoms with Gasteiger partial charge in [-0.3, -0.25) is 9.36 Å². The summed E-state index contributed by atoms with van der Waals surface area (Å²) in [6, 6.07) is 0.468. The van der Waals surface area contributed by atoms with Crippen LogP contribution in [0.25, 0.3) is 0 Å². The van der Waals surface area contributed by atoms with Gasteiger partial charge in [0.2, 0.25) is 5.95 Å². The molecule has 7 nitrogen and oxygen atoms in total. The highest BCUT2D eigenvalue weighted by Gasteiger charge is 2.26. The molecule has 2 rings (SSSR count). The Morgan fingerprint density at radius 3 is 2.90 bits per heavy atom. The van der Waals surface area contributed by atoms with Crippen molar-refractivity contribution in [2.75, 3.05) is 30.9 Å². The first kappa shape index (κ1) is 15.1. The monoisotopic (exact) mass is 300 g/mol. The SMILES string of the molecule is CC(C)n1c(SCC(=O)O)nnc1N(C)C1CCOC1. The molecule has 0 radical (unpaired) electrons. The number of ether oxygens (including phenoxy) is 1. The van der Waals surface area contributed by atoms with Gasteiger partial charge in [-0.15, -0.1) is 10.2 Å². The summed E-state index contributed by atoms with van der Waals surface area (Å²) < 4.78 is 7.38. The summed E-state index contributed by atoms with van der Waals surface area (Å²) in [7, 11) is 1.98. The van der Waals surface area contributed by atoms with Gasteiger partial charge in [0.1, 0.15) is 0 Å². The Morgan fingerprint density at radius 1 is 1.60 bits per heavy atom. The summed E-state index contributed by atoms with van der Waals surface area (Å²) in [5.74, 6) is -0.100. The zero-order valence-corrected chi connectivity index (χ0v) is 12.8. The molecule has 0 bridgehead atoms. The molecule has 0 spiro atoms. The number of aliphatic carboxylic acids is 1. The predicted octanol–water partition coefficient (Wildman–Crippen LogP) is 1.26. The average Bonchev–Trinajstić information content (AvgIpc) is 3.04. The number of aromatic nitrogens is 3. The molecule has 20 heavy (non-hydrogen) atoms. The van der Waals surface area contributed by atoms with Gasteiger partial charge in [0.05, 0.1) is 18.4 Å². The van der Waals surface area contributed by atoms with E-state index in [1.807, 2.05) is 25.5 Å². The molecule has 1 N–H and O–H groups in total. The minimum absolute atomic E-state index is 0.0128. The topological polar surface area (TPSA) is 80.5 Å². The summed E-state index contributed by atoms with van der Waals surface area (Å²) in [4.78, 5) is 12.8. The van der Waals surface area contributed by atoms with E-state index in [0.29, 0.717) is 17.8 Å². The van der Waals surface area contributed by atoms with Crippen LogP contribution in [0.15, 0.2) is 5.16 Å². The van der Waals surface area contributed by atoms with E-state index in [1.54, 1.807) is 0 Å². The minimum Gasteiger partial charge on any atom is -0.481 e. The van der Waals surface area contributed by atoms with Gasteiger partial charge in [-0.25, -0.2) is 0 Å². The van der Waals surface area contributed by atoms with Gasteiger partial charge >= 0.3 is 5.97 Å². The maximum Gasteiger partial charge on any atom is 0.313 e. The third kappa shape index (κ3) is 3.24. The molecule has 1 saturated heterocycles. The minimum atomic E-state index is -0.854. The van der Waals surface area contributed by atoms with E-state index in [-0.39, 0.29) is 11.8 Å². The van der Waals surface area contributed by atoms with Crippen molar-refractivity contribution in [1.82, 2.24) is 14.8 Å². The number of hydrogen-bond acceptors (Lipinski definition) is 6. The third-order valence-electron chi connectivity index (χ3n) is 3.26. The highest BCUT2D eigenvalue weighted by Crippen LogP contribution is 2.27. The summed E-state index contributed by atoms with van der Waals surface area (Å²) in [6.45, 7) is 5.54. The Morgan fingerprint density at radius 2 is 2.35 bits per heavy atom.